The zero-order chi connectivity index (χ0) is 7.40. The number of nitriles is 1. The molecular formula is C8H13NS. The van der Waals surface area contributed by atoms with E-state index in [2.05, 4.69) is 13.0 Å². The van der Waals surface area contributed by atoms with Crippen LogP contribution in [0.25, 0.3) is 0 Å². The summed E-state index contributed by atoms with van der Waals surface area (Å²) in [4.78, 5) is 0. The van der Waals surface area contributed by atoms with E-state index in [1.165, 1.54) is 18.6 Å². The molecule has 2 heteroatoms. The molecule has 0 spiro atoms. The fraction of sp³-hybridized carbons (Fsp3) is 0.875. The number of rotatable bonds is 2. The second-order valence-electron chi connectivity index (χ2n) is 2.70. The Morgan fingerprint density at radius 2 is 2.60 bits per heavy atom. The second-order valence-corrected chi connectivity index (χ2v) is 4.04. The molecule has 0 aromatic rings. The average Bonchev–Trinajstić information content (AvgIpc) is 2.43. The first-order valence-electron chi connectivity index (χ1n) is 3.89. The Kier molecular flexibility index (Phi) is 3.08. The first-order valence-corrected chi connectivity index (χ1v) is 4.94. The first kappa shape index (κ1) is 7.94. The van der Waals surface area contributed by atoms with Gasteiger partial charge in [0.1, 0.15) is 0 Å². The lowest BCUT2D eigenvalue weighted by Gasteiger charge is -2.12. The Morgan fingerprint density at radius 1 is 1.80 bits per heavy atom. The lowest BCUT2D eigenvalue weighted by molar-refractivity contribution is 0.585. The van der Waals surface area contributed by atoms with Gasteiger partial charge in [-0.05, 0) is 25.0 Å². The van der Waals surface area contributed by atoms with Crippen molar-refractivity contribution in [1.29, 1.82) is 5.26 Å². The van der Waals surface area contributed by atoms with Crippen molar-refractivity contribution >= 4 is 11.8 Å². The van der Waals surface area contributed by atoms with E-state index in [4.69, 9.17) is 5.26 Å². The van der Waals surface area contributed by atoms with Crippen molar-refractivity contribution in [2.24, 2.45) is 5.92 Å². The van der Waals surface area contributed by atoms with Crippen molar-refractivity contribution in [3.05, 3.63) is 0 Å². The zero-order valence-electron chi connectivity index (χ0n) is 6.34. The predicted molar refractivity (Wildman–Crippen MR) is 44.9 cm³/mol. The molecule has 0 aromatic heterocycles. The molecule has 0 aliphatic carbocycles. The number of hydrogen-bond donors (Lipinski definition) is 0. The first-order chi connectivity index (χ1) is 4.88. The highest BCUT2D eigenvalue weighted by Crippen LogP contribution is 2.32. The van der Waals surface area contributed by atoms with Crippen LogP contribution in [0.3, 0.4) is 0 Å². The Labute approximate surface area is 66.8 Å². The number of nitrogens with zero attached hydrogens (tertiary/aromatic N) is 1. The topological polar surface area (TPSA) is 23.8 Å². The molecule has 0 bridgehead atoms. The summed E-state index contributed by atoms with van der Waals surface area (Å²) in [5.41, 5.74) is 0. The third-order valence-electron chi connectivity index (χ3n) is 2.02. The normalized spacial score (nSPS) is 27.8. The van der Waals surface area contributed by atoms with Crippen molar-refractivity contribution in [3.8, 4) is 6.07 Å². The quantitative estimate of drug-likeness (QED) is 0.611. The lowest BCUT2D eigenvalue weighted by Crippen LogP contribution is -2.10. The smallest absolute Gasteiger partial charge is 0.0667 e. The Morgan fingerprint density at radius 3 is 3.00 bits per heavy atom. The molecule has 0 N–H and O–H groups in total. The van der Waals surface area contributed by atoms with E-state index < -0.39 is 0 Å². The highest BCUT2D eigenvalue weighted by atomic mass is 32.2. The Balaban J connectivity index is 2.38. The van der Waals surface area contributed by atoms with Gasteiger partial charge in [0, 0.05) is 5.25 Å². The molecule has 0 amide bonds. The van der Waals surface area contributed by atoms with Gasteiger partial charge in [0.2, 0.25) is 0 Å². The van der Waals surface area contributed by atoms with Crippen LogP contribution in [0.1, 0.15) is 26.2 Å². The second kappa shape index (κ2) is 3.88. The molecule has 1 aliphatic rings. The van der Waals surface area contributed by atoms with Crippen LogP contribution < -0.4 is 0 Å². The van der Waals surface area contributed by atoms with E-state index in [9.17, 15) is 0 Å². The van der Waals surface area contributed by atoms with Gasteiger partial charge in [0.25, 0.3) is 0 Å². The molecule has 0 aromatic carbocycles. The monoisotopic (exact) mass is 155 g/mol. The van der Waals surface area contributed by atoms with Crippen LogP contribution in [0.4, 0.5) is 0 Å². The predicted octanol–water partition coefficient (Wildman–Crippen LogP) is 2.43. The van der Waals surface area contributed by atoms with Crippen molar-refractivity contribution in [1.82, 2.24) is 0 Å². The van der Waals surface area contributed by atoms with E-state index in [1.807, 2.05) is 11.8 Å². The summed E-state index contributed by atoms with van der Waals surface area (Å²) < 4.78 is 0. The van der Waals surface area contributed by atoms with Crippen molar-refractivity contribution < 1.29 is 0 Å². The highest BCUT2D eigenvalue weighted by Gasteiger charge is 2.23. The molecule has 1 heterocycles. The molecule has 0 saturated carbocycles. The van der Waals surface area contributed by atoms with E-state index in [0.29, 0.717) is 11.2 Å². The van der Waals surface area contributed by atoms with Gasteiger partial charge in [-0.1, -0.05) is 6.92 Å². The largest absolute Gasteiger partial charge is 0.198 e. The highest BCUT2D eigenvalue weighted by molar-refractivity contribution is 8.00. The molecule has 1 aliphatic heterocycles. The third kappa shape index (κ3) is 1.67. The van der Waals surface area contributed by atoms with Crippen LogP contribution >= 0.6 is 11.8 Å². The minimum atomic E-state index is 0.312. The molecule has 56 valence electrons. The molecule has 1 nitrogen and oxygen atoms in total. The minimum Gasteiger partial charge on any atom is -0.198 e. The maximum Gasteiger partial charge on any atom is 0.0667 e. The molecule has 1 fully saturated rings. The van der Waals surface area contributed by atoms with Crippen LogP contribution in [0, 0.1) is 17.2 Å². The minimum absolute atomic E-state index is 0.312. The standard InChI is InChI=1S/C8H13NS/c1-2-7(6-9)8-4-3-5-10-8/h7-8H,2-5H2,1H3. The summed E-state index contributed by atoms with van der Waals surface area (Å²) >= 11 is 1.98. The van der Waals surface area contributed by atoms with Crippen molar-refractivity contribution in [3.63, 3.8) is 0 Å². The van der Waals surface area contributed by atoms with Crippen LogP contribution in [-0.2, 0) is 0 Å². The molecule has 10 heavy (non-hydrogen) atoms. The molecule has 0 radical (unpaired) electrons. The summed E-state index contributed by atoms with van der Waals surface area (Å²) in [6.07, 6.45) is 3.60. The SMILES string of the molecule is CCC(C#N)C1CCCS1. The van der Waals surface area contributed by atoms with Gasteiger partial charge in [-0.2, -0.15) is 17.0 Å². The zero-order valence-corrected chi connectivity index (χ0v) is 7.16. The molecule has 2 unspecified atom stereocenters. The molecule has 1 saturated heterocycles. The van der Waals surface area contributed by atoms with Crippen LogP contribution in [0.5, 0.6) is 0 Å². The van der Waals surface area contributed by atoms with Gasteiger partial charge in [-0.3, -0.25) is 0 Å². The van der Waals surface area contributed by atoms with E-state index >= 15 is 0 Å². The maximum absolute atomic E-state index is 8.72. The van der Waals surface area contributed by atoms with Gasteiger partial charge in [-0.15, -0.1) is 0 Å². The Hall–Kier alpha value is -0.160. The fourth-order valence-electron chi connectivity index (χ4n) is 1.36. The van der Waals surface area contributed by atoms with Crippen LogP contribution in [0.2, 0.25) is 0 Å². The summed E-state index contributed by atoms with van der Waals surface area (Å²) in [5, 5.41) is 9.37. The van der Waals surface area contributed by atoms with Gasteiger partial charge >= 0.3 is 0 Å². The van der Waals surface area contributed by atoms with Crippen LogP contribution in [-0.4, -0.2) is 11.0 Å². The van der Waals surface area contributed by atoms with Gasteiger partial charge < -0.3 is 0 Å². The van der Waals surface area contributed by atoms with Crippen molar-refractivity contribution in [2.45, 2.75) is 31.4 Å². The van der Waals surface area contributed by atoms with Gasteiger partial charge in [0.05, 0.1) is 12.0 Å². The number of thioether (sulfide) groups is 1. The Bertz CT molecular complexity index is 133. The summed E-state index contributed by atoms with van der Waals surface area (Å²) in [5.74, 6) is 1.58. The molecule has 1 rings (SSSR count). The van der Waals surface area contributed by atoms with Crippen LogP contribution in [0.15, 0.2) is 0 Å². The number of hydrogen-bond acceptors (Lipinski definition) is 2. The molecular weight excluding hydrogens is 142 g/mol. The molecule has 2 atom stereocenters. The van der Waals surface area contributed by atoms with Gasteiger partial charge in [0.15, 0.2) is 0 Å². The summed E-state index contributed by atoms with van der Waals surface area (Å²) in [6, 6.07) is 2.37. The third-order valence-corrected chi connectivity index (χ3v) is 3.54. The fourth-order valence-corrected chi connectivity index (χ4v) is 2.81. The van der Waals surface area contributed by atoms with E-state index in [0.717, 1.165) is 6.42 Å². The van der Waals surface area contributed by atoms with E-state index in [1.54, 1.807) is 0 Å². The average molecular weight is 155 g/mol. The van der Waals surface area contributed by atoms with E-state index in [-0.39, 0.29) is 0 Å². The lowest BCUT2D eigenvalue weighted by atomic mass is 10.0. The summed E-state index contributed by atoms with van der Waals surface area (Å²) in [6.45, 7) is 2.10. The van der Waals surface area contributed by atoms with Gasteiger partial charge in [-0.25, -0.2) is 0 Å². The van der Waals surface area contributed by atoms with Crippen molar-refractivity contribution in [2.75, 3.05) is 5.75 Å². The summed E-state index contributed by atoms with van der Waals surface area (Å²) in [7, 11) is 0. The maximum atomic E-state index is 8.72.